The molecule has 1 aliphatic rings. The topological polar surface area (TPSA) is 105 Å². The molecule has 1 saturated heterocycles. The number of aromatic nitrogens is 4. The lowest BCUT2D eigenvalue weighted by Crippen LogP contribution is -2.48. The van der Waals surface area contributed by atoms with Gasteiger partial charge in [0.1, 0.15) is 11.7 Å². The zero-order valence-corrected chi connectivity index (χ0v) is 24.8. The molecule has 0 bridgehead atoms. The zero-order valence-electron chi connectivity index (χ0n) is 24.8. The van der Waals surface area contributed by atoms with E-state index in [2.05, 4.69) is 10.3 Å². The van der Waals surface area contributed by atoms with E-state index in [9.17, 15) is 14.4 Å². The maximum absolute atomic E-state index is 13.4. The fourth-order valence-corrected chi connectivity index (χ4v) is 5.61. The number of carbonyl (C=O) groups is 1. The van der Waals surface area contributed by atoms with E-state index in [-0.39, 0.29) is 28.9 Å². The Kier molecular flexibility index (Phi) is 7.15. The SMILES string of the molecule is Cc1ccn2c(=O)c(-c3cccc(-c4cn(C)c(=O)c(Nc5ccc([C@@H]6C(=O)N(C)CCN6C)cc5)n4)c3C)cnc2c1. The second-order valence-electron chi connectivity index (χ2n) is 11.2. The van der Waals surface area contributed by atoms with Crippen molar-refractivity contribution in [1.29, 1.82) is 0 Å². The minimum Gasteiger partial charge on any atom is -0.343 e. The van der Waals surface area contributed by atoms with Crippen molar-refractivity contribution in [2.24, 2.45) is 7.05 Å². The third kappa shape index (κ3) is 5.10. The molecule has 6 rings (SSSR count). The lowest BCUT2D eigenvalue weighted by atomic mass is 9.96. The molecule has 5 aromatic rings. The van der Waals surface area contributed by atoms with Crippen LogP contribution in [0.1, 0.15) is 22.7 Å². The van der Waals surface area contributed by atoms with E-state index in [1.807, 2.05) is 87.4 Å². The van der Waals surface area contributed by atoms with Gasteiger partial charge in [0, 0.05) is 57.0 Å². The van der Waals surface area contributed by atoms with Crippen LogP contribution in [-0.2, 0) is 11.8 Å². The highest BCUT2D eigenvalue weighted by atomic mass is 16.2. The van der Waals surface area contributed by atoms with E-state index in [1.165, 1.54) is 4.57 Å². The Labute approximate surface area is 248 Å². The van der Waals surface area contributed by atoms with Gasteiger partial charge in [-0.3, -0.25) is 23.7 Å². The average Bonchev–Trinajstić information content (AvgIpc) is 2.99. The zero-order chi connectivity index (χ0) is 30.4. The summed E-state index contributed by atoms with van der Waals surface area (Å²) in [6, 6.07) is 16.6. The Bertz CT molecular complexity index is 2000. The summed E-state index contributed by atoms with van der Waals surface area (Å²) in [6.07, 6.45) is 5.05. The van der Waals surface area contributed by atoms with Crippen LogP contribution in [0.25, 0.3) is 28.0 Å². The molecule has 0 saturated carbocycles. The van der Waals surface area contributed by atoms with Crippen molar-refractivity contribution >= 4 is 23.1 Å². The maximum Gasteiger partial charge on any atom is 0.293 e. The molecule has 10 heteroatoms. The molecule has 2 aromatic carbocycles. The number of amides is 1. The molecule has 3 aromatic heterocycles. The number of nitrogens with one attached hydrogen (secondary N) is 1. The van der Waals surface area contributed by atoms with Crippen molar-refractivity contribution in [3.05, 3.63) is 111 Å². The van der Waals surface area contributed by atoms with Crippen LogP contribution < -0.4 is 16.4 Å². The lowest BCUT2D eigenvalue weighted by Gasteiger charge is -2.37. The van der Waals surface area contributed by atoms with Crippen molar-refractivity contribution in [3.63, 3.8) is 0 Å². The van der Waals surface area contributed by atoms with Gasteiger partial charge in [-0.2, -0.15) is 0 Å². The standard InChI is InChI=1S/C33H33N7O3/c1-20-13-14-40-28(17-20)34-18-26(31(40)41)24-7-6-8-25(21(24)2)27-19-39(5)33(43)30(36-27)35-23-11-9-22(10-12-23)29-32(42)38(4)16-15-37(29)3/h6-14,17-19,29H,15-16H2,1-5H3,(H,35,36)/t29-/m1/s1. The molecule has 0 radical (unpaired) electrons. The van der Waals surface area contributed by atoms with Crippen LogP contribution in [-0.4, -0.2) is 61.8 Å². The first-order chi connectivity index (χ1) is 20.6. The van der Waals surface area contributed by atoms with E-state index >= 15 is 0 Å². The van der Waals surface area contributed by atoms with Crippen molar-refractivity contribution in [1.82, 2.24) is 28.7 Å². The Morgan fingerprint density at radius 1 is 0.860 bits per heavy atom. The first-order valence-corrected chi connectivity index (χ1v) is 14.1. The number of nitrogens with zero attached hydrogens (tertiary/aromatic N) is 6. The minimum atomic E-state index is -0.340. The van der Waals surface area contributed by atoms with Gasteiger partial charge in [-0.1, -0.05) is 30.3 Å². The Morgan fingerprint density at radius 3 is 2.37 bits per heavy atom. The van der Waals surface area contributed by atoms with Crippen LogP contribution >= 0.6 is 0 Å². The molecular weight excluding hydrogens is 542 g/mol. The summed E-state index contributed by atoms with van der Waals surface area (Å²) in [6.45, 7) is 5.40. The molecule has 0 unspecified atom stereocenters. The molecule has 1 fully saturated rings. The highest BCUT2D eigenvalue weighted by Crippen LogP contribution is 2.30. The Hall–Kier alpha value is -5.09. The fourth-order valence-electron chi connectivity index (χ4n) is 5.61. The summed E-state index contributed by atoms with van der Waals surface area (Å²) in [5.74, 6) is 0.235. The number of piperazine rings is 1. The third-order valence-electron chi connectivity index (χ3n) is 8.16. The van der Waals surface area contributed by atoms with Crippen LogP contribution in [0.4, 0.5) is 11.5 Å². The number of benzene rings is 2. The molecule has 0 spiro atoms. The lowest BCUT2D eigenvalue weighted by molar-refractivity contribution is -0.139. The van der Waals surface area contributed by atoms with Crippen LogP contribution in [0.2, 0.25) is 0 Å². The van der Waals surface area contributed by atoms with Gasteiger partial charge in [-0.05, 0) is 67.4 Å². The number of hydrogen-bond acceptors (Lipinski definition) is 7. The average molecular weight is 576 g/mol. The predicted molar refractivity (Wildman–Crippen MR) is 168 cm³/mol. The number of rotatable bonds is 5. The first kappa shape index (κ1) is 28.0. The van der Waals surface area contributed by atoms with Crippen LogP contribution in [0, 0.1) is 13.8 Å². The second kappa shape index (κ2) is 11.0. The summed E-state index contributed by atoms with van der Waals surface area (Å²) >= 11 is 0. The fraction of sp³-hybridized carbons (Fsp3) is 0.242. The molecule has 218 valence electrons. The van der Waals surface area contributed by atoms with Crippen LogP contribution in [0.5, 0.6) is 0 Å². The molecule has 1 amide bonds. The predicted octanol–water partition coefficient (Wildman–Crippen LogP) is 3.93. The number of likely N-dealkylation sites (N-methyl/N-ethyl adjacent to an activating group) is 2. The van der Waals surface area contributed by atoms with E-state index in [4.69, 9.17) is 4.98 Å². The van der Waals surface area contributed by atoms with E-state index in [0.717, 1.165) is 34.4 Å². The number of hydrogen-bond donors (Lipinski definition) is 1. The van der Waals surface area contributed by atoms with Gasteiger partial charge >= 0.3 is 0 Å². The highest BCUT2D eigenvalue weighted by molar-refractivity contribution is 5.84. The van der Waals surface area contributed by atoms with Crippen molar-refractivity contribution in [2.75, 3.05) is 32.5 Å². The largest absolute Gasteiger partial charge is 0.343 e. The first-order valence-electron chi connectivity index (χ1n) is 14.1. The van der Waals surface area contributed by atoms with Crippen molar-refractivity contribution < 1.29 is 4.79 Å². The quantitative estimate of drug-likeness (QED) is 0.339. The van der Waals surface area contributed by atoms with Gasteiger partial charge in [0.15, 0.2) is 5.82 Å². The van der Waals surface area contributed by atoms with Gasteiger partial charge < -0.3 is 14.8 Å². The monoisotopic (exact) mass is 575 g/mol. The van der Waals surface area contributed by atoms with Gasteiger partial charge in [0.25, 0.3) is 11.1 Å². The van der Waals surface area contributed by atoms with Gasteiger partial charge in [0.2, 0.25) is 5.91 Å². The highest BCUT2D eigenvalue weighted by Gasteiger charge is 2.31. The maximum atomic E-state index is 13.4. The van der Waals surface area contributed by atoms with Crippen LogP contribution in [0.15, 0.2) is 82.8 Å². The smallest absolute Gasteiger partial charge is 0.293 e. The summed E-state index contributed by atoms with van der Waals surface area (Å²) in [5.41, 5.74) is 6.22. The van der Waals surface area contributed by atoms with E-state index < -0.39 is 0 Å². The van der Waals surface area contributed by atoms with Crippen LogP contribution in [0.3, 0.4) is 0 Å². The number of pyridine rings is 1. The summed E-state index contributed by atoms with van der Waals surface area (Å²) < 4.78 is 3.04. The summed E-state index contributed by atoms with van der Waals surface area (Å²) in [4.78, 5) is 52.3. The molecule has 10 nitrogen and oxygen atoms in total. The summed E-state index contributed by atoms with van der Waals surface area (Å²) in [5, 5.41) is 3.17. The number of anilines is 2. The van der Waals surface area contributed by atoms with Gasteiger partial charge in [-0.25, -0.2) is 9.97 Å². The van der Waals surface area contributed by atoms with E-state index in [1.54, 1.807) is 34.9 Å². The van der Waals surface area contributed by atoms with E-state index in [0.29, 0.717) is 29.1 Å². The number of fused-ring (bicyclic) bond motifs is 1. The molecular formula is C33H33N7O3. The Morgan fingerprint density at radius 2 is 1.60 bits per heavy atom. The van der Waals surface area contributed by atoms with Crippen molar-refractivity contribution in [2.45, 2.75) is 19.9 Å². The molecule has 1 N–H and O–H groups in total. The molecule has 43 heavy (non-hydrogen) atoms. The molecule has 1 aliphatic heterocycles. The second-order valence-corrected chi connectivity index (χ2v) is 11.2. The third-order valence-corrected chi connectivity index (χ3v) is 8.16. The van der Waals surface area contributed by atoms with Gasteiger partial charge in [0.05, 0.1) is 11.3 Å². The Balaban J connectivity index is 1.34. The summed E-state index contributed by atoms with van der Waals surface area (Å²) in [7, 11) is 5.46. The molecule has 4 heterocycles. The molecule has 0 aliphatic carbocycles. The van der Waals surface area contributed by atoms with Gasteiger partial charge in [-0.15, -0.1) is 0 Å². The molecule has 1 atom stereocenters. The van der Waals surface area contributed by atoms with Crippen molar-refractivity contribution in [3.8, 4) is 22.4 Å². The normalized spacial score (nSPS) is 15.7. The minimum absolute atomic E-state index is 0.0626. The number of carbonyl (C=O) groups excluding carboxylic acids is 1. The number of aryl methyl sites for hydroxylation is 2.